The molecule has 0 aliphatic heterocycles. The van der Waals surface area contributed by atoms with Gasteiger partial charge in [-0.3, -0.25) is 0 Å². The highest BCUT2D eigenvalue weighted by atomic mass is 32.2. The van der Waals surface area contributed by atoms with Gasteiger partial charge < -0.3 is 14.0 Å². The van der Waals surface area contributed by atoms with Crippen LogP contribution >= 0.6 is 11.8 Å². The summed E-state index contributed by atoms with van der Waals surface area (Å²) in [7, 11) is 3.29. The maximum atomic E-state index is 13.4. The molecular formula is C19H21FN4O2S. The third kappa shape index (κ3) is 4.35. The number of hydrogen-bond acceptors (Lipinski definition) is 6. The van der Waals surface area contributed by atoms with Crippen LogP contribution in [0.15, 0.2) is 41.7 Å². The van der Waals surface area contributed by atoms with E-state index in [4.69, 9.17) is 14.5 Å². The topological polar surface area (TPSA) is 62.1 Å². The number of benzene rings is 1. The van der Waals surface area contributed by atoms with E-state index in [1.54, 1.807) is 32.5 Å². The molecule has 0 saturated carbocycles. The molecule has 3 aromatic rings. The fourth-order valence-corrected chi connectivity index (χ4v) is 3.15. The van der Waals surface area contributed by atoms with Gasteiger partial charge in [0.25, 0.3) is 0 Å². The summed E-state index contributed by atoms with van der Waals surface area (Å²) in [5, 5.41) is 0.668. The van der Waals surface area contributed by atoms with Crippen molar-refractivity contribution in [2.45, 2.75) is 18.3 Å². The maximum absolute atomic E-state index is 13.4. The molecule has 27 heavy (non-hydrogen) atoms. The highest BCUT2D eigenvalue weighted by Crippen LogP contribution is 2.33. The van der Waals surface area contributed by atoms with E-state index >= 15 is 0 Å². The molecule has 0 fully saturated rings. The Bertz CT molecular complexity index is 899. The molecule has 0 bridgehead atoms. The van der Waals surface area contributed by atoms with Crippen LogP contribution in [0.1, 0.15) is 5.82 Å². The summed E-state index contributed by atoms with van der Waals surface area (Å²) in [6, 6.07) is 8.13. The monoisotopic (exact) mass is 388 g/mol. The molecule has 142 valence electrons. The minimum atomic E-state index is -0.289. The van der Waals surface area contributed by atoms with E-state index in [2.05, 4.69) is 9.97 Å². The molecule has 0 amide bonds. The molecule has 1 aromatic carbocycles. The van der Waals surface area contributed by atoms with Crippen molar-refractivity contribution in [3.05, 3.63) is 48.2 Å². The van der Waals surface area contributed by atoms with Crippen LogP contribution in [-0.2, 0) is 22.6 Å². The first-order valence-electron chi connectivity index (χ1n) is 8.38. The average Bonchev–Trinajstić information content (AvgIpc) is 3.05. The number of hydrogen-bond donors (Lipinski definition) is 0. The predicted molar refractivity (Wildman–Crippen MR) is 103 cm³/mol. The second-order valence-electron chi connectivity index (χ2n) is 5.75. The first-order chi connectivity index (χ1) is 13.2. The fourth-order valence-electron chi connectivity index (χ4n) is 2.79. The second kappa shape index (κ2) is 9.07. The van der Waals surface area contributed by atoms with Crippen LogP contribution in [0.25, 0.3) is 22.6 Å². The summed E-state index contributed by atoms with van der Waals surface area (Å²) >= 11 is 1.47. The third-order valence-corrected chi connectivity index (χ3v) is 4.57. The zero-order valence-electron chi connectivity index (χ0n) is 15.5. The van der Waals surface area contributed by atoms with Crippen LogP contribution in [0.5, 0.6) is 0 Å². The number of nitrogens with zero attached hydrogens (tertiary/aromatic N) is 4. The molecule has 0 unspecified atom stereocenters. The van der Waals surface area contributed by atoms with Gasteiger partial charge in [0.1, 0.15) is 18.4 Å². The molecule has 0 N–H and O–H groups in total. The SMILES string of the molecule is COCCc1nc(-c2ccc(F)cc2)c(-c2ccnc(SC)n2)n1COC. The lowest BCUT2D eigenvalue weighted by Crippen LogP contribution is -2.10. The van der Waals surface area contributed by atoms with Gasteiger partial charge in [-0.15, -0.1) is 0 Å². The normalized spacial score (nSPS) is 11.1. The van der Waals surface area contributed by atoms with Crippen molar-refractivity contribution in [2.75, 3.05) is 27.1 Å². The Kier molecular flexibility index (Phi) is 6.54. The summed E-state index contributed by atoms with van der Waals surface area (Å²) in [5.41, 5.74) is 3.09. The van der Waals surface area contributed by atoms with Crippen molar-refractivity contribution >= 4 is 11.8 Å². The van der Waals surface area contributed by atoms with Crippen molar-refractivity contribution in [3.8, 4) is 22.6 Å². The van der Waals surface area contributed by atoms with Gasteiger partial charge in [-0.2, -0.15) is 0 Å². The lowest BCUT2D eigenvalue weighted by Gasteiger charge is -2.12. The summed E-state index contributed by atoms with van der Waals surface area (Å²) in [6.45, 7) is 0.851. The minimum Gasteiger partial charge on any atom is -0.384 e. The molecule has 0 saturated heterocycles. The average molecular weight is 388 g/mol. The van der Waals surface area contributed by atoms with Gasteiger partial charge in [0, 0.05) is 32.4 Å². The van der Waals surface area contributed by atoms with Crippen molar-refractivity contribution in [1.82, 2.24) is 19.5 Å². The molecule has 0 aliphatic carbocycles. The van der Waals surface area contributed by atoms with Gasteiger partial charge >= 0.3 is 0 Å². The van der Waals surface area contributed by atoms with Gasteiger partial charge in [0.2, 0.25) is 0 Å². The predicted octanol–water partition coefficient (Wildman–Crippen LogP) is 3.66. The van der Waals surface area contributed by atoms with Crippen molar-refractivity contribution in [2.24, 2.45) is 0 Å². The third-order valence-electron chi connectivity index (χ3n) is 4.01. The van der Waals surface area contributed by atoms with E-state index in [0.29, 0.717) is 24.9 Å². The molecule has 2 heterocycles. The standard InChI is InChI=1S/C19H21FN4O2S/c1-25-11-9-16-23-17(13-4-6-14(20)7-5-13)18(24(16)12-26-2)15-8-10-21-19(22-15)27-3/h4-8,10H,9,11-12H2,1-3H3. The number of methoxy groups -OCH3 is 2. The Hall–Kier alpha value is -2.29. The Morgan fingerprint density at radius 1 is 1.07 bits per heavy atom. The smallest absolute Gasteiger partial charge is 0.187 e. The van der Waals surface area contributed by atoms with E-state index in [9.17, 15) is 4.39 Å². The number of halogens is 1. The van der Waals surface area contributed by atoms with Crippen LogP contribution in [0.4, 0.5) is 4.39 Å². The molecular weight excluding hydrogens is 367 g/mol. The van der Waals surface area contributed by atoms with Crippen molar-refractivity contribution < 1.29 is 13.9 Å². The molecule has 8 heteroatoms. The quantitative estimate of drug-likeness (QED) is 0.434. The van der Waals surface area contributed by atoms with E-state index in [1.807, 2.05) is 16.9 Å². The number of imidazole rings is 1. The lowest BCUT2D eigenvalue weighted by molar-refractivity contribution is 0.127. The zero-order chi connectivity index (χ0) is 19.2. The van der Waals surface area contributed by atoms with Gasteiger partial charge in [0.15, 0.2) is 5.16 Å². The van der Waals surface area contributed by atoms with Crippen LogP contribution in [-0.4, -0.2) is 46.6 Å². The largest absolute Gasteiger partial charge is 0.384 e. The Morgan fingerprint density at radius 2 is 1.85 bits per heavy atom. The van der Waals surface area contributed by atoms with E-state index in [0.717, 1.165) is 28.5 Å². The molecule has 6 nitrogen and oxygen atoms in total. The van der Waals surface area contributed by atoms with E-state index in [-0.39, 0.29) is 5.82 Å². The summed E-state index contributed by atoms with van der Waals surface area (Å²) < 4.78 is 26.0. The number of aromatic nitrogens is 4. The highest BCUT2D eigenvalue weighted by Gasteiger charge is 2.21. The maximum Gasteiger partial charge on any atom is 0.187 e. The van der Waals surface area contributed by atoms with Crippen LogP contribution in [0.2, 0.25) is 0 Å². The fraction of sp³-hybridized carbons (Fsp3) is 0.316. The lowest BCUT2D eigenvalue weighted by atomic mass is 10.1. The Balaban J connectivity index is 2.22. The number of thioether (sulfide) groups is 1. The number of ether oxygens (including phenoxy) is 2. The first-order valence-corrected chi connectivity index (χ1v) is 9.61. The van der Waals surface area contributed by atoms with Crippen LogP contribution < -0.4 is 0 Å². The Labute approximate surface area is 161 Å². The summed E-state index contributed by atoms with van der Waals surface area (Å²) in [6.07, 6.45) is 4.27. The van der Waals surface area contributed by atoms with Gasteiger partial charge in [-0.1, -0.05) is 11.8 Å². The number of rotatable bonds is 8. The van der Waals surface area contributed by atoms with Crippen LogP contribution in [0, 0.1) is 5.82 Å². The zero-order valence-corrected chi connectivity index (χ0v) is 16.3. The van der Waals surface area contributed by atoms with E-state index in [1.165, 1.54) is 23.9 Å². The molecule has 0 radical (unpaired) electrons. The molecule has 0 atom stereocenters. The molecule has 2 aromatic heterocycles. The van der Waals surface area contributed by atoms with Crippen molar-refractivity contribution in [3.63, 3.8) is 0 Å². The summed E-state index contributed by atoms with van der Waals surface area (Å²) in [4.78, 5) is 13.7. The molecule has 0 aliphatic rings. The van der Waals surface area contributed by atoms with Gasteiger partial charge in [0.05, 0.1) is 23.7 Å². The van der Waals surface area contributed by atoms with Gasteiger partial charge in [-0.05, 0) is 36.6 Å². The van der Waals surface area contributed by atoms with E-state index < -0.39 is 0 Å². The highest BCUT2D eigenvalue weighted by molar-refractivity contribution is 7.98. The summed E-state index contributed by atoms with van der Waals surface area (Å²) in [5.74, 6) is 0.528. The first kappa shape index (κ1) is 19.5. The molecule has 0 spiro atoms. The minimum absolute atomic E-state index is 0.289. The van der Waals surface area contributed by atoms with Crippen LogP contribution in [0.3, 0.4) is 0 Å². The molecule has 3 rings (SSSR count). The second-order valence-corrected chi connectivity index (χ2v) is 6.52. The van der Waals surface area contributed by atoms with Crippen molar-refractivity contribution in [1.29, 1.82) is 0 Å². The van der Waals surface area contributed by atoms with Gasteiger partial charge in [-0.25, -0.2) is 19.3 Å². The Morgan fingerprint density at radius 3 is 2.52 bits per heavy atom.